The molecule has 0 spiro atoms. The molecule has 0 aromatic heterocycles. The summed E-state index contributed by atoms with van der Waals surface area (Å²) < 4.78 is 24.8. The summed E-state index contributed by atoms with van der Waals surface area (Å²) in [5, 5.41) is -0.416. The fraction of sp³-hybridized carbons (Fsp3) is 0.500. The highest BCUT2D eigenvalue weighted by Crippen LogP contribution is 2.26. The number of rotatable bonds is 7. The standard InChI is InChI=1S/C16H22N2O4S/c17-15(19)10-11-18(13-6-2-1-3-7-13)16(20)12-23(21,22)14-8-4-5-9-14/h1-3,6-7,14H,4-5,8-12H2,(H2,17,19). The highest BCUT2D eigenvalue weighted by Gasteiger charge is 2.32. The van der Waals surface area contributed by atoms with Gasteiger partial charge in [-0.15, -0.1) is 0 Å². The molecule has 0 unspecified atom stereocenters. The van der Waals surface area contributed by atoms with Crippen molar-refractivity contribution in [3.63, 3.8) is 0 Å². The Morgan fingerprint density at radius 1 is 1.13 bits per heavy atom. The van der Waals surface area contributed by atoms with Gasteiger partial charge in [0.25, 0.3) is 0 Å². The van der Waals surface area contributed by atoms with Crippen LogP contribution >= 0.6 is 0 Å². The van der Waals surface area contributed by atoms with E-state index in [2.05, 4.69) is 0 Å². The number of anilines is 1. The SMILES string of the molecule is NC(=O)CCN(C(=O)CS(=O)(=O)C1CCCC1)c1ccccc1. The lowest BCUT2D eigenvalue weighted by molar-refractivity contribution is -0.118. The zero-order valence-corrected chi connectivity index (χ0v) is 13.8. The molecule has 126 valence electrons. The second-order valence-electron chi connectivity index (χ2n) is 5.81. The van der Waals surface area contributed by atoms with Crippen LogP contribution in [0.1, 0.15) is 32.1 Å². The molecule has 0 aliphatic heterocycles. The number of nitrogens with two attached hydrogens (primary N) is 1. The summed E-state index contributed by atoms with van der Waals surface area (Å²) in [6.07, 6.45) is 3.03. The van der Waals surface area contributed by atoms with Crippen molar-refractivity contribution in [1.82, 2.24) is 0 Å². The van der Waals surface area contributed by atoms with E-state index in [1.165, 1.54) is 4.90 Å². The predicted molar refractivity (Wildman–Crippen MR) is 88.6 cm³/mol. The molecule has 1 fully saturated rings. The van der Waals surface area contributed by atoms with Crippen LogP contribution in [-0.2, 0) is 19.4 Å². The highest BCUT2D eigenvalue weighted by molar-refractivity contribution is 7.92. The molecule has 2 rings (SSSR count). The Hall–Kier alpha value is -1.89. The Bertz CT molecular complexity index is 652. The molecule has 1 aliphatic carbocycles. The van der Waals surface area contributed by atoms with Crippen molar-refractivity contribution in [1.29, 1.82) is 0 Å². The Morgan fingerprint density at radius 3 is 2.30 bits per heavy atom. The molecule has 1 aromatic carbocycles. The molecular weight excluding hydrogens is 316 g/mol. The van der Waals surface area contributed by atoms with Gasteiger partial charge in [0.05, 0.1) is 5.25 Å². The Balaban J connectivity index is 2.14. The quantitative estimate of drug-likeness (QED) is 0.809. The maximum atomic E-state index is 12.5. The predicted octanol–water partition coefficient (Wildman–Crippen LogP) is 1.25. The maximum Gasteiger partial charge on any atom is 0.242 e. The smallest absolute Gasteiger partial charge is 0.242 e. The molecule has 0 saturated heterocycles. The van der Waals surface area contributed by atoms with Crippen molar-refractivity contribution < 1.29 is 18.0 Å². The fourth-order valence-corrected chi connectivity index (χ4v) is 4.63. The number of para-hydroxylation sites is 1. The van der Waals surface area contributed by atoms with E-state index in [-0.39, 0.29) is 13.0 Å². The lowest BCUT2D eigenvalue weighted by Crippen LogP contribution is -2.39. The average Bonchev–Trinajstić information content (AvgIpc) is 3.03. The van der Waals surface area contributed by atoms with Gasteiger partial charge in [0.15, 0.2) is 9.84 Å². The summed E-state index contributed by atoms with van der Waals surface area (Å²) in [7, 11) is -3.46. The summed E-state index contributed by atoms with van der Waals surface area (Å²) in [4.78, 5) is 24.9. The third-order valence-corrected chi connectivity index (χ3v) is 6.22. The molecule has 1 saturated carbocycles. The van der Waals surface area contributed by atoms with Crippen LogP contribution in [0.25, 0.3) is 0 Å². The van der Waals surface area contributed by atoms with Gasteiger partial charge in [0.1, 0.15) is 5.75 Å². The molecule has 1 aliphatic rings. The Labute approximate surface area is 136 Å². The van der Waals surface area contributed by atoms with Gasteiger partial charge < -0.3 is 10.6 Å². The molecule has 2 N–H and O–H groups in total. The van der Waals surface area contributed by atoms with Gasteiger partial charge in [0, 0.05) is 18.7 Å². The second-order valence-corrected chi connectivity index (χ2v) is 8.09. The number of amides is 2. The first-order valence-electron chi connectivity index (χ1n) is 7.75. The minimum atomic E-state index is -3.46. The number of hydrogen-bond donors (Lipinski definition) is 1. The van der Waals surface area contributed by atoms with Crippen LogP contribution in [0.4, 0.5) is 5.69 Å². The molecule has 0 bridgehead atoms. The van der Waals surface area contributed by atoms with Crippen LogP contribution in [0.2, 0.25) is 0 Å². The van der Waals surface area contributed by atoms with E-state index in [4.69, 9.17) is 5.73 Å². The Morgan fingerprint density at radius 2 is 1.74 bits per heavy atom. The van der Waals surface area contributed by atoms with Gasteiger partial charge in [-0.1, -0.05) is 31.0 Å². The van der Waals surface area contributed by atoms with Crippen molar-refractivity contribution in [2.75, 3.05) is 17.2 Å². The normalized spacial score (nSPS) is 15.5. The fourth-order valence-electron chi connectivity index (χ4n) is 2.84. The number of nitrogens with zero attached hydrogens (tertiary/aromatic N) is 1. The van der Waals surface area contributed by atoms with Crippen LogP contribution in [0.15, 0.2) is 30.3 Å². The molecule has 7 heteroatoms. The first-order chi connectivity index (χ1) is 10.9. The number of carbonyl (C=O) groups excluding carboxylic acids is 2. The minimum Gasteiger partial charge on any atom is -0.370 e. The van der Waals surface area contributed by atoms with E-state index in [1.807, 2.05) is 0 Å². The van der Waals surface area contributed by atoms with Crippen LogP contribution in [0.5, 0.6) is 0 Å². The van der Waals surface area contributed by atoms with Gasteiger partial charge in [-0.25, -0.2) is 8.42 Å². The summed E-state index contributed by atoms with van der Waals surface area (Å²) in [6.45, 7) is 0.0817. The second kappa shape index (κ2) is 7.59. The third-order valence-electron chi connectivity index (χ3n) is 4.09. The minimum absolute atomic E-state index is 0.00981. The van der Waals surface area contributed by atoms with E-state index in [0.717, 1.165) is 12.8 Å². The van der Waals surface area contributed by atoms with Crippen LogP contribution in [0.3, 0.4) is 0 Å². The van der Waals surface area contributed by atoms with Gasteiger partial charge in [-0.05, 0) is 25.0 Å². The summed E-state index contributed by atoms with van der Waals surface area (Å²) >= 11 is 0. The van der Waals surface area contributed by atoms with Crippen molar-refractivity contribution in [3.8, 4) is 0 Å². The molecule has 0 heterocycles. The topological polar surface area (TPSA) is 97.5 Å². The van der Waals surface area contributed by atoms with Crippen molar-refractivity contribution in [2.45, 2.75) is 37.4 Å². The molecule has 6 nitrogen and oxygen atoms in total. The maximum absolute atomic E-state index is 12.5. The molecule has 0 radical (unpaired) electrons. The molecule has 23 heavy (non-hydrogen) atoms. The van der Waals surface area contributed by atoms with Gasteiger partial charge in [0.2, 0.25) is 11.8 Å². The first-order valence-corrected chi connectivity index (χ1v) is 9.47. The summed E-state index contributed by atoms with van der Waals surface area (Å²) in [6, 6.07) is 8.73. The van der Waals surface area contributed by atoms with E-state index < -0.39 is 32.7 Å². The van der Waals surface area contributed by atoms with Crippen LogP contribution in [0, 0.1) is 0 Å². The van der Waals surface area contributed by atoms with E-state index >= 15 is 0 Å². The van der Waals surface area contributed by atoms with E-state index in [9.17, 15) is 18.0 Å². The van der Waals surface area contributed by atoms with Gasteiger partial charge in [-0.3, -0.25) is 9.59 Å². The number of hydrogen-bond acceptors (Lipinski definition) is 4. The van der Waals surface area contributed by atoms with Gasteiger partial charge >= 0.3 is 0 Å². The van der Waals surface area contributed by atoms with Crippen molar-refractivity contribution >= 4 is 27.3 Å². The van der Waals surface area contributed by atoms with E-state index in [0.29, 0.717) is 18.5 Å². The van der Waals surface area contributed by atoms with E-state index in [1.54, 1.807) is 30.3 Å². The van der Waals surface area contributed by atoms with Crippen molar-refractivity contribution in [2.24, 2.45) is 5.73 Å². The number of primary amides is 1. The molecule has 2 amide bonds. The molecule has 1 aromatic rings. The molecule has 0 atom stereocenters. The number of carbonyl (C=O) groups is 2. The zero-order chi connectivity index (χ0) is 16.9. The average molecular weight is 338 g/mol. The monoisotopic (exact) mass is 338 g/mol. The largest absolute Gasteiger partial charge is 0.370 e. The highest BCUT2D eigenvalue weighted by atomic mass is 32.2. The van der Waals surface area contributed by atoms with Crippen LogP contribution < -0.4 is 10.6 Å². The summed E-state index contributed by atoms with van der Waals surface area (Å²) in [5.41, 5.74) is 5.72. The summed E-state index contributed by atoms with van der Waals surface area (Å²) in [5.74, 6) is -1.56. The van der Waals surface area contributed by atoms with Gasteiger partial charge in [-0.2, -0.15) is 0 Å². The Kier molecular flexibility index (Phi) is 5.76. The number of sulfone groups is 1. The third kappa shape index (κ3) is 4.79. The molecular formula is C16H22N2O4S. The lowest BCUT2D eigenvalue weighted by Gasteiger charge is -2.23. The van der Waals surface area contributed by atoms with Crippen molar-refractivity contribution in [3.05, 3.63) is 30.3 Å². The number of benzene rings is 1. The lowest BCUT2D eigenvalue weighted by atomic mass is 10.2. The van der Waals surface area contributed by atoms with Crippen LogP contribution in [-0.4, -0.2) is 37.8 Å². The first kappa shape index (κ1) is 17.5. The zero-order valence-electron chi connectivity index (χ0n) is 13.0.